The number of hydrogen-bond acceptors (Lipinski definition) is 4. The quantitative estimate of drug-likeness (QED) is 0.806. The minimum absolute atomic E-state index is 0.136. The van der Waals surface area contributed by atoms with Crippen LogP contribution in [0.1, 0.15) is 18.2 Å². The largest absolute Gasteiger partial charge is 0.345 e. The molecule has 1 unspecified atom stereocenters. The number of carbonyl (C=O) groups is 1. The molecule has 2 aromatic heterocycles. The molecule has 0 N–H and O–H groups in total. The lowest BCUT2D eigenvalue weighted by molar-refractivity contribution is -0.130. The minimum Gasteiger partial charge on any atom is -0.345 e. The van der Waals surface area contributed by atoms with Crippen molar-refractivity contribution >= 4 is 5.91 Å². The van der Waals surface area contributed by atoms with Crippen LogP contribution in [0.4, 0.5) is 0 Å². The van der Waals surface area contributed by atoms with Gasteiger partial charge < -0.3 is 14.0 Å². The van der Waals surface area contributed by atoms with E-state index < -0.39 is 0 Å². The van der Waals surface area contributed by atoms with E-state index in [1.54, 1.807) is 0 Å². The van der Waals surface area contributed by atoms with Gasteiger partial charge in [0.05, 0.1) is 0 Å². The second-order valence-corrected chi connectivity index (χ2v) is 4.47. The first-order chi connectivity index (χ1) is 8.83. The molecule has 0 saturated carbocycles. The van der Waals surface area contributed by atoms with Crippen molar-refractivity contribution in [1.29, 1.82) is 0 Å². The molecule has 0 spiro atoms. The normalized spacial score (nSPS) is 19.3. The molecule has 3 heterocycles. The van der Waals surface area contributed by atoms with Crippen molar-refractivity contribution in [1.82, 2.24) is 19.6 Å². The molecule has 1 aliphatic rings. The number of amides is 1. The van der Waals surface area contributed by atoms with Crippen molar-refractivity contribution in [2.75, 3.05) is 13.1 Å². The summed E-state index contributed by atoms with van der Waals surface area (Å²) in [5, 5.41) is 3.84. The lowest BCUT2D eigenvalue weighted by atomic mass is 10.1. The Morgan fingerprint density at radius 1 is 1.44 bits per heavy atom. The number of rotatable bonds is 3. The topological polar surface area (TPSA) is 64.2 Å². The molecule has 6 heteroatoms. The van der Waals surface area contributed by atoms with Gasteiger partial charge in [-0.2, -0.15) is 4.98 Å². The molecule has 94 valence electrons. The molecule has 3 rings (SSSR count). The van der Waals surface area contributed by atoms with Crippen LogP contribution in [0, 0.1) is 0 Å². The molecule has 0 aromatic carbocycles. The van der Waals surface area contributed by atoms with Gasteiger partial charge in [-0.1, -0.05) is 5.16 Å². The number of nitrogens with zero attached hydrogens (tertiary/aromatic N) is 4. The standard InChI is InChI=1S/C12H14N4O2/c17-11(8-15-4-1-2-5-15)16-6-3-10(7-16)12-13-9-18-14-12/h1-2,4-5,9-10H,3,6-8H2. The number of hydrogen-bond donors (Lipinski definition) is 0. The Labute approximate surface area is 104 Å². The van der Waals surface area contributed by atoms with Crippen LogP contribution >= 0.6 is 0 Å². The Hall–Kier alpha value is -2.11. The van der Waals surface area contributed by atoms with Crippen LogP contribution < -0.4 is 0 Å². The highest BCUT2D eigenvalue weighted by Gasteiger charge is 2.29. The maximum atomic E-state index is 12.1. The van der Waals surface area contributed by atoms with E-state index in [9.17, 15) is 4.79 Å². The summed E-state index contributed by atoms with van der Waals surface area (Å²) in [6.45, 7) is 1.84. The zero-order valence-corrected chi connectivity index (χ0v) is 9.90. The molecule has 1 aliphatic heterocycles. The third-order valence-electron chi connectivity index (χ3n) is 3.27. The lowest BCUT2D eigenvalue weighted by Crippen LogP contribution is -2.31. The highest BCUT2D eigenvalue weighted by molar-refractivity contribution is 5.76. The van der Waals surface area contributed by atoms with E-state index in [0.29, 0.717) is 18.9 Å². The van der Waals surface area contributed by atoms with E-state index in [1.807, 2.05) is 34.0 Å². The summed E-state index contributed by atoms with van der Waals surface area (Å²) in [5.41, 5.74) is 0. The fourth-order valence-electron chi connectivity index (χ4n) is 2.29. The van der Waals surface area contributed by atoms with Crippen LogP contribution in [-0.4, -0.2) is 38.6 Å². The van der Waals surface area contributed by atoms with Crippen LogP contribution in [0.3, 0.4) is 0 Å². The van der Waals surface area contributed by atoms with Gasteiger partial charge in [0.25, 0.3) is 0 Å². The first-order valence-electron chi connectivity index (χ1n) is 5.98. The van der Waals surface area contributed by atoms with Gasteiger partial charge in [-0.3, -0.25) is 4.79 Å². The predicted molar refractivity (Wildman–Crippen MR) is 62.7 cm³/mol. The van der Waals surface area contributed by atoms with Crippen molar-refractivity contribution in [2.45, 2.75) is 18.9 Å². The average molecular weight is 246 g/mol. The third kappa shape index (κ3) is 2.13. The molecule has 1 fully saturated rings. The van der Waals surface area contributed by atoms with Crippen LogP contribution in [-0.2, 0) is 11.3 Å². The number of aromatic nitrogens is 3. The summed E-state index contributed by atoms with van der Waals surface area (Å²) in [6, 6.07) is 3.83. The SMILES string of the molecule is O=C(Cn1cccc1)N1CCC(c2ncon2)C1. The Bertz CT molecular complexity index is 506. The van der Waals surface area contributed by atoms with Crippen LogP contribution in [0.25, 0.3) is 0 Å². The zero-order chi connectivity index (χ0) is 12.4. The molecule has 0 aliphatic carbocycles. The van der Waals surface area contributed by atoms with Gasteiger partial charge in [-0.05, 0) is 18.6 Å². The molecule has 1 amide bonds. The lowest BCUT2D eigenvalue weighted by Gasteiger charge is -2.16. The van der Waals surface area contributed by atoms with Gasteiger partial charge in [0, 0.05) is 31.4 Å². The molecule has 18 heavy (non-hydrogen) atoms. The van der Waals surface area contributed by atoms with Gasteiger partial charge >= 0.3 is 0 Å². The highest BCUT2D eigenvalue weighted by atomic mass is 16.5. The van der Waals surface area contributed by atoms with Gasteiger partial charge in [0.1, 0.15) is 6.54 Å². The van der Waals surface area contributed by atoms with E-state index in [2.05, 4.69) is 10.1 Å². The van der Waals surface area contributed by atoms with Crippen molar-refractivity contribution in [3.8, 4) is 0 Å². The Kier molecular flexibility index (Phi) is 2.84. The first-order valence-corrected chi connectivity index (χ1v) is 5.98. The molecule has 1 saturated heterocycles. The molecule has 2 aromatic rings. The molecule has 1 atom stereocenters. The van der Waals surface area contributed by atoms with Crippen LogP contribution in [0.5, 0.6) is 0 Å². The van der Waals surface area contributed by atoms with Crippen molar-refractivity contribution < 1.29 is 9.32 Å². The van der Waals surface area contributed by atoms with Gasteiger partial charge in [0.2, 0.25) is 12.3 Å². The van der Waals surface area contributed by atoms with Crippen LogP contribution in [0.2, 0.25) is 0 Å². The maximum Gasteiger partial charge on any atom is 0.242 e. The average Bonchev–Trinajstić information content (AvgIpc) is 3.11. The van der Waals surface area contributed by atoms with E-state index in [4.69, 9.17) is 4.52 Å². The zero-order valence-electron chi connectivity index (χ0n) is 9.90. The Balaban J connectivity index is 1.60. The number of carbonyl (C=O) groups excluding carboxylic acids is 1. The van der Waals surface area contributed by atoms with Gasteiger partial charge in [-0.15, -0.1) is 0 Å². The first kappa shape index (κ1) is 11.0. The summed E-state index contributed by atoms with van der Waals surface area (Å²) in [4.78, 5) is 18.0. The summed E-state index contributed by atoms with van der Waals surface area (Å²) < 4.78 is 6.62. The molecular weight excluding hydrogens is 232 g/mol. The predicted octanol–water partition coefficient (Wildman–Crippen LogP) is 0.887. The highest BCUT2D eigenvalue weighted by Crippen LogP contribution is 2.24. The van der Waals surface area contributed by atoms with E-state index >= 15 is 0 Å². The fraction of sp³-hybridized carbons (Fsp3) is 0.417. The molecular formula is C12H14N4O2. The van der Waals surface area contributed by atoms with E-state index in [0.717, 1.165) is 13.0 Å². The monoisotopic (exact) mass is 246 g/mol. The molecule has 0 radical (unpaired) electrons. The van der Waals surface area contributed by atoms with Crippen molar-refractivity contribution in [3.05, 3.63) is 36.7 Å². The fourth-order valence-corrected chi connectivity index (χ4v) is 2.29. The van der Waals surface area contributed by atoms with Gasteiger partial charge in [0.15, 0.2) is 5.82 Å². The van der Waals surface area contributed by atoms with Crippen molar-refractivity contribution in [2.24, 2.45) is 0 Å². The Morgan fingerprint density at radius 3 is 3.00 bits per heavy atom. The third-order valence-corrected chi connectivity index (χ3v) is 3.27. The second kappa shape index (κ2) is 4.64. The van der Waals surface area contributed by atoms with E-state index in [-0.39, 0.29) is 11.8 Å². The van der Waals surface area contributed by atoms with Crippen molar-refractivity contribution in [3.63, 3.8) is 0 Å². The smallest absolute Gasteiger partial charge is 0.242 e. The molecule has 6 nitrogen and oxygen atoms in total. The van der Waals surface area contributed by atoms with E-state index in [1.165, 1.54) is 6.39 Å². The maximum absolute atomic E-state index is 12.1. The van der Waals surface area contributed by atoms with Crippen LogP contribution in [0.15, 0.2) is 35.4 Å². The summed E-state index contributed by atoms with van der Waals surface area (Å²) in [5.74, 6) is 1.04. The minimum atomic E-state index is 0.136. The Morgan fingerprint density at radius 2 is 2.28 bits per heavy atom. The number of likely N-dealkylation sites (tertiary alicyclic amines) is 1. The summed E-state index contributed by atoms with van der Waals surface area (Å²) >= 11 is 0. The second-order valence-electron chi connectivity index (χ2n) is 4.47. The summed E-state index contributed by atoms with van der Waals surface area (Å²) in [6.07, 6.45) is 6.02. The summed E-state index contributed by atoms with van der Waals surface area (Å²) in [7, 11) is 0. The van der Waals surface area contributed by atoms with Gasteiger partial charge in [-0.25, -0.2) is 0 Å². The molecule has 0 bridgehead atoms.